The molecule has 102 heavy (non-hydrogen) atoms. The maximum Gasteiger partial charge on any atom is 0.415 e. The van der Waals surface area contributed by atoms with E-state index in [1.54, 1.807) is 0 Å². The van der Waals surface area contributed by atoms with E-state index in [-0.39, 0.29) is 145 Å². The van der Waals surface area contributed by atoms with Crippen molar-refractivity contribution >= 4 is 93.3 Å². The molecule has 2 aliphatic heterocycles. The molecule has 13 N–H and O–H groups in total. The topological polar surface area (TPSA) is 524 Å². The Morgan fingerprint density at radius 1 is 0.510 bits per heavy atom. The molecule has 2 rings (SSSR count). The molecule has 0 saturated carbocycles. The fraction of sp³-hybridized carbons (Fsp3) is 0.946. The second-order valence-corrected chi connectivity index (χ2v) is 35.8. The average Bonchev–Trinajstić information content (AvgIpc) is 0.814. The van der Waals surface area contributed by atoms with Crippen LogP contribution >= 0.6 is 75.6 Å². The molecule has 2 heterocycles. The highest BCUT2D eigenvalue weighted by Gasteiger charge is 2.47. The average molecular weight is 1640 g/mol. The van der Waals surface area contributed by atoms with Crippen molar-refractivity contribution in [3.8, 4) is 0 Å². The lowest BCUT2D eigenvalue weighted by Gasteiger charge is -2.42. The fourth-order valence-corrected chi connectivity index (χ4v) is 14.8. The third-order valence-corrected chi connectivity index (χ3v) is 21.7. The molecule has 18 atom stereocenters. The van der Waals surface area contributed by atoms with Crippen molar-refractivity contribution < 1.29 is 167 Å². The monoisotopic (exact) mass is 1640 g/mol. The molecule has 0 spiro atoms. The lowest BCUT2D eigenvalue weighted by Crippen LogP contribution is -2.64. The van der Waals surface area contributed by atoms with E-state index >= 15 is 0 Å². The standard InChI is InChI=1S/C56H111N3O35P4S4/c1-39(64)44(32-61)92-53(43(31-60)57-40(2)65)82-21-9-13-27-90-98(76,102-77-5)91-30-16-20-81-38-56(35-78-17-6-10-24-85-95(72,73)99,36-79-18-14-28-88-96(74,100)86-25-11-7-22-83-54-47(58-41(3)66)51(70)49(68)45(33-62)93-54)37-80-19-15-29-89-97(75,101)87-26-12-8-23-84-55-48(59-42(4)67)52(71)50(69)46(34-63)94-55/h39,43-55,60-64,68-71H,6-38H2,1-5H3,(H,57,65)(H,58,66)(H,59,67)(H,74,100)(H,75,101)(H2,72,73,99)/t39-,43+,44?,45?,46?,47?,48?,49?,50?,51?,52?,53?,54?,55?,56?,96?,97?,98?/m1/s1. The van der Waals surface area contributed by atoms with Crippen LogP contribution in [0.15, 0.2) is 0 Å². The number of hydrogen-bond acceptors (Lipinski definition) is 35. The van der Waals surface area contributed by atoms with Crippen LogP contribution in [0.25, 0.3) is 0 Å². The summed E-state index contributed by atoms with van der Waals surface area (Å²) in [5.41, 5.74) is -1.08. The van der Waals surface area contributed by atoms with Crippen molar-refractivity contribution in [3.05, 3.63) is 0 Å². The molecule has 2 aliphatic rings. The Labute approximate surface area is 615 Å². The van der Waals surface area contributed by atoms with Crippen LogP contribution in [0, 0.1) is 5.41 Å². The van der Waals surface area contributed by atoms with E-state index in [0.717, 1.165) is 0 Å². The number of thiol groups is 3. The van der Waals surface area contributed by atoms with E-state index in [1.165, 1.54) is 34.8 Å². The molecule has 0 bridgehead atoms. The Hall–Kier alpha value is -0.390. The molecule has 0 aromatic carbocycles. The van der Waals surface area contributed by atoms with Gasteiger partial charge in [0.15, 0.2) is 18.9 Å². The number of amides is 3. The Bertz CT molecular complexity index is 2380. The lowest BCUT2D eigenvalue weighted by atomic mass is 9.92. The zero-order valence-corrected chi connectivity index (χ0v) is 65.2. The third kappa shape index (κ3) is 42.7. The largest absolute Gasteiger partial charge is 0.415 e. The first-order valence-corrected chi connectivity index (χ1v) is 44.1. The van der Waals surface area contributed by atoms with Gasteiger partial charge in [-0.2, -0.15) is 0 Å². The van der Waals surface area contributed by atoms with Crippen molar-refractivity contribution in [1.82, 2.24) is 16.0 Å². The predicted molar refractivity (Wildman–Crippen MR) is 373 cm³/mol. The normalized spacial score (nSPS) is 25.2. The number of aliphatic hydroxyl groups is 9. The molecule has 0 radical (unpaired) electrons. The van der Waals surface area contributed by atoms with E-state index in [2.05, 4.69) is 52.7 Å². The maximum atomic E-state index is 13.7. The van der Waals surface area contributed by atoms with Gasteiger partial charge in [-0.25, -0.2) is 18.3 Å². The number of unbranched alkanes of at least 4 members (excludes halogenated alkanes) is 4. The molecule has 46 heteroatoms. The van der Waals surface area contributed by atoms with Crippen LogP contribution in [0.2, 0.25) is 0 Å². The minimum Gasteiger partial charge on any atom is -0.394 e. The molecule has 2 saturated heterocycles. The summed E-state index contributed by atoms with van der Waals surface area (Å²) in [7, 11) is 1.28. The summed E-state index contributed by atoms with van der Waals surface area (Å²) in [5, 5.41) is 97.8. The fourth-order valence-electron chi connectivity index (χ4n) is 9.33. The van der Waals surface area contributed by atoms with Crippen molar-refractivity contribution in [1.29, 1.82) is 0 Å². The van der Waals surface area contributed by atoms with E-state index in [9.17, 15) is 83.5 Å². The SMILES string of the molecule is COSP(=O)(OCCCCOC(OC(CO)[C@@H](C)O)[C@H](CO)NC(C)=O)OCCCOCC(COCCCCOP(=O)(O)S)(COCCCOP(=O)(S)OCCCCOC1OC(CO)C(O)C(O)C1NC(C)=O)COCCCOP(=O)(S)OCCCCOC1OC(CO)C(O)C(O)C1NC(C)=O. The minimum atomic E-state index is -4.02. The number of hydrogen-bond donors (Lipinski definition) is 16. The summed E-state index contributed by atoms with van der Waals surface area (Å²) in [6.45, 7) is -13.7. The number of carbonyl (C=O) groups is 3. The molecule has 0 aliphatic carbocycles. The summed E-state index contributed by atoms with van der Waals surface area (Å²) in [6.07, 6.45) is -11.0. The van der Waals surface area contributed by atoms with E-state index in [4.69, 9.17) is 83.2 Å². The summed E-state index contributed by atoms with van der Waals surface area (Å²) >= 11 is 12.2. The van der Waals surface area contributed by atoms with Gasteiger partial charge in [-0.05, 0) is 77.6 Å². The van der Waals surface area contributed by atoms with Crippen LogP contribution in [-0.2, 0) is 116 Å². The van der Waals surface area contributed by atoms with Crippen LogP contribution in [0.4, 0.5) is 0 Å². The first-order valence-electron chi connectivity index (χ1n) is 33.1. The first-order chi connectivity index (χ1) is 48.3. The van der Waals surface area contributed by atoms with Crippen LogP contribution in [0.1, 0.15) is 98.3 Å². The van der Waals surface area contributed by atoms with Crippen molar-refractivity contribution in [2.45, 2.75) is 184 Å². The lowest BCUT2D eigenvalue weighted by molar-refractivity contribution is -0.270. The Kier molecular flexibility index (Phi) is 52.0. The summed E-state index contributed by atoms with van der Waals surface area (Å²) < 4.78 is 153. The molecular weight excluding hydrogens is 1530 g/mol. The Balaban J connectivity index is 2.11. The molecule has 16 unspecified atom stereocenters. The van der Waals surface area contributed by atoms with E-state index in [0.29, 0.717) is 56.6 Å². The van der Waals surface area contributed by atoms with Crippen LogP contribution in [0.5, 0.6) is 0 Å². The number of nitrogens with one attached hydrogen (secondary N) is 3. The van der Waals surface area contributed by atoms with Gasteiger partial charge in [0.1, 0.15) is 72.5 Å². The number of aliphatic hydroxyl groups excluding tert-OH is 9. The second kappa shape index (κ2) is 54.3. The van der Waals surface area contributed by atoms with Crippen molar-refractivity contribution in [2.24, 2.45) is 5.41 Å². The van der Waals surface area contributed by atoms with Gasteiger partial charge < -0.3 is 141 Å². The molecule has 604 valence electrons. The molecule has 3 amide bonds. The zero-order chi connectivity index (χ0) is 76.2. The van der Waals surface area contributed by atoms with Gasteiger partial charge in [-0.15, -0.1) is 0 Å². The quantitative estimate of drug-likeness (QED) is 0.0135. The molecule has 38 nitrogen and oxygen atoms in total. The van der Waals surface area contributed by atoms with Gasteiger partial charge in [0.25, 0.3) is 0 Å². The van der Waals surface area contributed by atoms with Crippen molar-refractivity contribution in [3.63, 3.8) is 0 Å². The van der Waals surface area contributed by atoms with Crippen LogP contribution in [0.3, 0.4) is 0 Å². The number of rotatable bonds is 63. The summed E-state index contributed by atoms with van der Waals surface area (Å²) in [4.78, 5) is 44.7. The molecule has 0 aromatic rings. The minimum absolute atomic E-state index is 0.000454. The summed E-state index contributed by atoms with van der Waals surface area (Å²) in [6, 6.07) is -3.28. The highest BCUT2D eigenvalue weighted by atomic mass is 32.7. The molecule has 2 fully saturated rings. The van der Waals surface area contributed by atoms with Crippen LogP contribution < -0.4 is 16.0 Å². The maximum absolute atomic E-state index is 13.7. The third-order valence-electron chi connectivity index (χ3n) is 14.5. The van der Waals surface area contributed by atoms with E-state index < -0.39 is 163 Å². The molecular formula is C56H111N3O35P4S4. The second-order valence-electron chi connectivity index (χ2n) is 23.5. The van der Waals surface area contributed by atoms with Gasteiger partial charge in [0.05, 0.1) is 118 Å². The van der Waals surface area contributed by atoms with Crippen LogP contribution in [-0.4, -0.2) is 307 Å². The Morgan fingerprint density at radius 3 is 1.24 bits per heavy atom. The van der Waals surface area contributed by atoms with Gasteiger partial charge in [0, 0.05) is 67.0 Å². The first kappa shape index (κ1) is 97.7. The predicted octanol–water partition coefficient (Wildman–Crippen LogP) is 1.47. The highest BCUT2D eigenvalue weighted by molar-refractivity contribution is 8.52. The van der Waals surface area contributed by atoms with Crippen molar-refractivity contribution in [2.75, 3.05) is 152 Å². The smallest absolute Gasteiger partial charge is 0.394 e. The molecule has 0 aromatic heterocycles. The number of ether oxygens (including phenoxy) is 10. The van der Waals surface area contributed by atoms with Gasteiger partial charge in [0.2, 0.25) is 17.7 Å². The Morgan fingerprint density at radius 2 is 0.873 bits per heavy atom. The number of carbonyl (C=O) groups excluding carboxylic acids is 3. The van der Waals surface area contributed by atoms with Gasteiger partial charge in [-0.1, -0.05) is 36.7 Å². The van der Waals surface area contributed by atoms with Gasteiger partial charge >= 0.3 is 27.2 Å². The van der Waals surface area contributed by atoms with Gasteiger partial charge in [-0.3, -0.25) is 23.4 Å². The van der Waals surface area contributed by atoms with E-state index in [1.807, 2.05) is 0 Å². The summed E-state index contributed by atoms with van der Waals surface area (Å²) in [5.74, 6) is -1.51. The highest BCUT2D eigenvalue weighted by Crippen LogP contribution is 2.61. The zero-order valence-electron chi connectivity index (χ0n) is 58.1.